The molecule has 0 aliphatic rings. The first-order valence-corrected chi connectivity index (χ1v) is 6.64. The van der Waals surface area contributed by atoms with Crippen molar-refractivity contribution in [2.24, 2.45) is 4.99 Å². The van der Waals surface area contributed by atoms with E-state index in [0.29, 0.717) is 12.2 Å². The first kappa shape index (κ1) is 16.6. The molecule has 21 heavy (non-hydrogen) atoms. The second-order valence-corrected chi connectivity index (χ2v) is 4.44. The number of aliphatic imine (C=N–C) groups is 1. The highest BCUT2D eigenvalue weighted by Crippen LogP contribution is 2.08. The maximum Gasteiger partial charge on any atom is 0.260 e. The monoisotopic (exact) mass is 303 g/mol. The molecule has 0 unspecified atom stereocenters. The van der Waals surface area contributed by atoms with Crippen LogP contribution in [0.2, 0.25) is 0 Å². The first-order valence-electron chi connectivity index (χ1n) is 6.23. The predicted molar refractivity (Wildman–Crippen MR) is 89.7 cm³/mol. The SMILES string of the molecule is C=CCNC(=S)N=CC(C(=O)Nc1ccccc1)=C(C)O. The van der Waals surface area contributed by atoms with Crippen LogP contribution in [0.5, 0.6) is 0 Å². The molecule has 0 saturated carbocycles. The highest BCUT2D eigenvalue weighted by atomic mass is 32.1. The van der Waals surface area contributed by atoms with Crippen molar-refractivity contribution < 1.29 is 9.90 Å². The molecule has 0 radical (unpaired) electrons. The van der Waals surface area contributed by atoms with Gasteiger partial charge in [-0.15, -0.1) is 6.58 Å². The predicted octanol–water partition coefficient (Wildman–Crippen LogP) is 2.59. The molecule has 0 aromatic heterocycles. The Morgan fingerprint density at radius 3 is 2.67 bits per heavy atom. The average molecular weight is 303 g/mol. The summed E-state index contributed by atoms with van der Waals surface area (Å²) in [5.74, 6) is -0.602. The van der Waals surface area contributed by atoms with E-state index in [2.05, 4.69) is 22.2 Å². The van der Waals surface area contributed by atoms with Crippen LogP contribution < -0.4 is 10.6 Å². The number of hydrogen-bond acceptors (Lipinski definition) is 3. The van der Waals surface area contributed by atoms with Crippen molar-refractivity contribution in [2.75, 3.05) is 11.9 Å². The maximum atomic E-state index is 12.1. The molecule has 5 nitrogen and oxygen atoms in total. The quantitative estimate of drug-likeness (QED) is 0.257. The zero-order valence-electron chi connectivity index (χ0n) is 11.7. The van der Waals surface area contributed by atoms with Gasteiger partial charge >= 0.3 is 0 Å². The third-order valence-electron chi connectivity index (χ3n) is 2.37. The van der Waals surface area contributed by atoms with Crippen molar-refractivity contribution in [3.63, 3.8) is 0 Å². The lowest BCUT2D eigenvalue weighted by Gasteiger charge is -2.06. The molecule has 3 N–H and O–H groups in total. The zero-order chi connectivity index (χ0) is 15.7. The summed E-state index contributed by atoms with van der Waals surface area (Å²) in [5, 5.41) is 15.3. The van der Waals surface area contributed by atoms with Crippen molar-refractivity contribution in [2.45, 2.75) is 6.92 Å². The molecule has 0 bridgehead atoms. The number of amides is 1. The van der Waals surface area contributed by atoms with Crippen LogP contribution in [-0.4, -0.2) is 28.9 Å². The van der Waals surface area contributed by atoms with E-state index in [9.17, 15) is 9.90 Å². The number of hydrogen-bond donors (Lipinski definition) is 3. The van der Waals surface area contributed by atoms with E-state index in [1.54, 1.807) is 30.3 Å². The lowest BCUT2D eigenvalue weighted by atomic mass is 10.2. The molecule has 110 valence electrons. The number of aliphatic hydroxyl groups is 1. The largest absolute Gasteiger partial charge is 0.512 e. The molecule has 0 aliphatic carbocycles. The first-order chi connectivity index (χ1) is 10.0. The molecule has 0 aliphatic heterocycles. The Balaban J connectivity index is 2.76. The number of nitrogens with zero attached hydrogens (tertiary/aromatic N) is 1. The fourth-order valence-electron chi connectivity index (χ4n) is 1.36. The number of carbonyl (C=O) groups is 1. The molecule has 6 heteroatoms. The van der Waals surface area contributed by atoms with Gasteiger partial charge in [0.25, 0.3) is 5.91 Å². The Morgan fingerprint density at radius 1 is 1.43 bits per heavy atom. The smallest absolute Gasteiger partial charge is 0.260 e. The number of nitrogens with one attached hydrogen (secondary N) is 2. The second kappa shape index (κ2) is 8.65. The van der Waals surface area contributed by atoms with Gasteiger partial charge in [-0.1, -0.05) is 24.3 Å². The summed E-state index contributed by atoms with van der Waals surface area (Å²) in [6.07, 6.45) is 2.87. The van der Waals surface area contributed by atoms with E-state index in [-0.39, 0.29) is 16.4 Å². The molecule has 0 fully saturated rings. The molecule has 1 aromatic carbocycles. The van der Waals surface area contributed by atoms with Crippen LogP contribution in [0.3, 0.4) is 0 Å². The molecule has 0 spiro atoms. The van der Waals surface area contributed by atoms with E-state index < -0.39 is 5.91 Å². The molecule has 0 saturated heterocycles. The minimum Gasteiger partial charge on any atom is -0.512 e. The topological polar surface area (TPSA) is 73.7 Å². The van der Waals surface area contributed by atoms with Gasteiger partial charge in [-0.3, -0.25) is 4.79 Å². The van der Waals surface area contributed by atoms with Gasteiger partial charge in [0, 0.05) is 18.4 Å². The maximum absolute atomic E-state index is 12.1. The van der Waals surface area contributed by atoms with E-state index >= 15 is 0 Å². The number of anilines is 1. The summed E-state index contributed by atoms with van der Waals surface area (Å²) in [7, 11) is 0. The van der Waals surface area contributed by atoms with Gasteiger partial charge < -0.3 is 15.7 Å². The Bertz CT molecular complexity index is 576. The van der Waals surface area contributed by atoms with Crippen molar-refractivity contribution in [1.29, 1.82) is 0 Å². The van der Waals surface area contributed by atoms with Crippen LogP contribution in [-0.2, 0) is 4.79 Å². The Kier molecular flexibility index (Phi) is 6.83. The molecule has 1 aromatic rings. The lowest BCUT2D eigenvalue weighted by Crippen LogP contribution is -2.21. The summed E-state index contributed by atoms with van der Waals surface area (Å²) in [6.45, 7) is 5.43. The fourth-order valence-corrected chi connectivity index (χ4v) is 1.50. The highest BCUT2D eigenvalue weighted by Gasteiger charge is 2.11. The van der Waals surface area contributed by atoms with Gasteiger partial charge in [0.2, 0.25) is 0 Å². The minimum atomic E-state index is -0.462. The number of benzene rings is 1. The third-order valence-corrected chi connectivity index (χ3v) is 2.62. The fraction of sp³-hybridized carbons (Fsp3) is 0.133. The molecule has 1 amide bonds. The summed E-state index contributed by atoms with van der Waals surface area (Å²) in [6, 6.07) is 8.93. The summed E-state index contributed by atoms with van der Waals surface area (Å²) >= 11 is 4.95. The van der Waals surface area contributed by atoms with Crippen LogP contribution in [0.1, 0.15) is 6.92 Å². The van der Waals surface area contributed by atoms with E-state index in [1.165, 1.54) is 13.1 Å². The van der Waals surface area contributed by atoms with Crippen LogP contribution in [0, 0.1) is 0 Å². The van der Waals surface area contributed by atoms with E-state index in [4.69, 9.17) is 12.2 Å². The van der Waals surface area contributed by atoms with Crippen molar-refractivity contribution in [3.05, 3.63) is 54.3 Å². The number of rotatable bonds is 5. The van der Waals surface area contributed by atoms with E-state index in [1.807, 2.05) is 6.07 Å². The summed E-state index contributed by atoms with van der Waals surface area (Å²) in [4.78, 5) is 16.0. The minimum absolute atomic E-state index is 0.0432. The average Bonchev–Trinajstić information content (AvgIpc) is 2.46. The van der Waals surface area contributed by atoms with E-state index in [0.717, 1.165) is 0 Å². The van der Waals surface area contributed by atoms with Crippen LogP contribution >= 0.6 is 12.2 Å². The Hall–Kier alpha value is -2.47. The second-order valence-electron chi connectivity index (χ2n) is 4.05. The molecule has 1 rings (SSSR count). The number of allylic oxidation sites excluding steroid dienone is 1. The zero-order valence-corrected chi connectivity index (χ0v) is 12.5. The Morgan fingerprint density at radius 2 is 2.10 bits per heavy atom. The molecule has 0 atom stereocenters. The van der Waals surface area contributed by atoms with Gasteiger partial charge in [0.15, 0.2) is 5.11 Å². The van der Waals surface area contributed by atoms with Gasteiger partial charge in [-0.2, -0.15) is 0 Å². The molecule has 0 heterocycles. The van der Waals surface area contributed by atoms with Gasteiger partial charge in [-0.25, -0.2) is 4.99 Å². The summed E-state index contributed by atoms with van der Waals surface area (Å²) < 4.78 is 0. The number of thiocarbonyl (C=S) groups is 1. The van der Waals surface area contributed by atoms with Crippen LogP contribution in [0.4, 0.5) is 5.69 Å². The molecular weight excluding hydrogens is 286 g/mol. The number of aliphatic hydroxyl groups excluding tert-OH is 1. The van der Waals surface area contributed by atoms with Gasteiger partial charge in [-0.05, 0) is 31.3 Å². The van der Waals surface area contributed by atoms with Crippen molar-refractivity contribution in [3.8, 4) is 0 Å². The third kappa shape index (κ3) is 6.01. The molecular formula is C15H17N3O2S. The van der Waals surface area contributed by atoms with Crippen molar-refractivity contribution in [1.82, 2.24) is 5.32 Å². The number of carbonyl (C=O) groups excluding carboxylic acids is 1. The normalized spacial score (nSPS) is 11.7. The lowest BCUT2D eigenvalue weighted by molar-refractivity contribution is -0.112. The van der Waals surface area contributed by atoms with Crippen molar-refractivity contribution >= 4 is 35.1 Å². The standard InChI is InChI=1S/C15H17N3O2S/c1-3-9-16-15(21)17-10-13(11(2)19)14(20)18-12-7-5-4-6-8-12/h3-8,10,19H,1,9H2,2H3,(H,16,21)(H,18,20). The van der Waals surface area contributed by atoms with Crippen LogP contribution in [0.15, 0.2) is 59.3 Å². The summed E-state index contributed by atoms with van der Waals surface area (Å²) in [5.41, 5.74) is 0.670. The van der Waals surface area contributed by atoms with Crippen LogP contribution in [0.25, 0.3) is 0 Å². The van der Waals surface area contributed by atoms with Gasteiger partial charge in [0.1, 0.15) is 5.76 Å². The number of para-hydroxylation sites is 1. The Labute approximate surface area is 129 Å². The van der Waals surface area contributed by atoms with Gasteiger partial charge in [0.05, 0.1) is 5.57 Å². The highest BCUT2D eigenvalue weighted by molar-refractivity contribution is 7.80.